The minimum absolute atomic E-state index is 0.000880. The molecule has 0 aliphatic carbocycles. The molecule has 0 radical (unpaired) electrons. The van der Waals surface area contributed by atoms with Crippen LogP contribution in [0.25, 0.3) is 0 Å². The van der Waals surface area contributed by atoms with Gasteiger partial charge < -0.3 is 14.8 Å². The van der Waals surface area contributed by atoms with Crippen LogP contribution < -0.4 is 0 Å². The Morgan fingerprint density at radius 2 is 1.58 bits per heavy atom. The van der Waals surface area contributed by atoms with E-state index in [1.54, 1.807) is 30.3 Å². The molecule has 0 aliphatic heterocycles. The molecule has 1 N–H and O–H groups in total. The maximum absolute atomic E-state index is 10.4. The Morgan fingerprint density at radius 1 is 1.05 bits per heavy atom. The summed E-state index contributed by atoms with van der Waals surface area (Å²) in [4.78, 5) is 29.2. The lowest BCUT2D eigenvalue weighted by molar-refractivity contribution is -0.799. The van der Waals surface area contributed by atoms with Crippen molar-refractivity contribution in [1.29, 1.82) is 0 Å². The van der Waals surface area contributed by atoms with E-state index in [1.807, 2.05) is 0 Å². The predicted molar refractivity (Wildman–Crippen MR) is 61.0 cm³/mol. The van der Waals surface area contributed by atoms with E-state index in [-0.39, 0.29) is 6.42 Å². The van der Waals surface area contributed by atoms with Crippen molar-refractivity contribution in [2.24, 2.45) is 0 Å². The van der Waals surface area contributed by atoms with Crippen molar-refractivity contribution in [2.75, 3.05) is 6.61 Å². The molecule has 0 unspecified atom stereocenters. The summed E-state index contributed by atoms with van der Waals surface area (Å²) < 4.78 is 0. The van der Waals surface area contributed by atoms with Crippen LogP contribution in [0.3, 0.4) is 0 Å². The molecule has 9 nitrogen and oxygen atoms in total. The van der Waals surface area contributed by atoms with Crippen LogP contribution >= 0.6 is 0 Å². The predicted octanol–water partition coefficient (Wildman–Crippen LogP) is 0.375. The van der Waals surface area contributed by atoms with Crippen molar-refractivity contribution in [3.8, 4) is 0 Å². The zero-order chi connectivity index (χ0) is 14.3. The molecular formula is C10H12N2O7. The summed E-state index contributed by atoms with van der Waals surface area (Å²) in [6, 6.07) is 8.53. The second-order valence-corrected chi connectivity index (χ2v) is 3.61. The summed E-state index contributed by atoms with van der Waals surface area (Å²) in [6.45, 7) is -0.772. The highest BCUT2D eigenvalue weighted by Crippen LogP contribution is 2.12. The summed E-state index contributed by atoms with van der Waals surface area (Å²) in [5.41, 5.74) is 0.666. The molecule has 0 aliphatic rings. The van der Waals surface area contributed by atoms with E-state index >= 15 is 0 Å². The van der Waals surface area contributed by atoms with E-state index in [4.69, 9.17) is 5.11 Å². The molecule has 1 aromatic carbocycles. The van der Waals surface area contributed by atoms with Gasteiger partial charge in [0, 0.05) is 6.42 Å². The van der Waals surface area contributed by atoms with Crippen molar-refractivity contribution in [3.63, 3.8) is 0 Å². The van der Waals surface area contributed by atoms with Gasteiger partial charge in [0.15, 0.2) is 6.10 Å². The third-order valence-corrected chi connectivity index (χ3v) is 2.32. The van der Waals surface area contributed by atoms with Gasteiger partial charge in [0.2, 0.25) is 0 Å². The van der Waals surface area contributed by atoms with Crippen molar-refractivity contribution in [2.45, 2.75) is 18.6 Å². The van der Waals surface area contributed by atoms with E-state index in [0.717, 1.165) is 0 Å². The SMILES string of the molecule is O=[N+]([O-])O[C@@H](CO)[C@H](Cc1ccccc1)O[N+](=O)[O-]. The molecule has 0 saturated heterocycles. The fraction of sp³-hybridized carbons (Fsp3) is 0.400. The summed E-state index contributed by atoms with van der Waals surface area (Å²) in [5, 5.41) is 27.5. The molecule has 0 aromatic heterocycles. The second kappa shape index (κ2) is 7.11. The summed E-state index contributed by atoms with van der Waals surface area (Å²) in [6.07, 6.45) is -2.70. The molecule has 2 atom stereocenters. The van der Waals surface area contributed by atoms with Gasteiger partial charge in [-0.2, -0.15) is 0 Å². The molecule has 0 amide bonds. The number of aliphatic hydroxyl groups is 1. The van der Waals surface area contributed by atoms with Gasteiger partial charge in [-0.1, -0.05) is 30.3 Å². The van der Waals surface area contributed by atoms with E-state index in [9.17, 15) is 20.2 Å². The van der Waals surface area contributed by atoms with Gasteiger partial charge in [0.05, 0.1) is 6.61 Å². The van der Waals surface area contributed by atoms with E-state index < -0.39 is 29.0 Å². The van der Waals surface area contributed by atoms with Crippen LogP contribution in [-0.4, -0.2) is 34.1 Å². The molecule has 0 saturated carbocycles. The number of benzene rings is 1. The first kappa shape index (κ1) is 14.6. The van der Waals surface area contributed by atoms with Gasteiger partial charge in [-0.25, -0.2) is 0 Å². The Bertz CT molecular complexity index is 425. The fourth-order valence-corrected chi connectivity index (χ4v) is 1.52. The smallest absolute Gasteiger partial charge is 0.294 e. The van der Waals surface area contributed by atoms with Gasteiger partial charge >= 0.3 is 0 Å². The Hall–Kier alpha value is -2.42. The quantitative estimate of drug-likeness (QED) is 0.535. The molecule has 1 rings (SSSR count). The van der Waals surface area contributed by atoms with Crippen molar-refractivity contribution < 1.29 is 25.0 Å². The number of aliphatic hydroxyl groups excluding tert-OH is 1. The Labute approximate surface area is 107 Å². The van der Waals surface area contributed by atoms with Crippen LogP contribution in [0.4, 0.5) is 0 Å². The lowest BCUT2D eigenvalue weighted by Gasteiger charge is -2.21. The Balaban J connectivity index is 2.80. The van der Waals surface area contributed by atoms with Gasteiger partial charge in [-0.15, -0.1) is 20.2 Å². The Morgan fingerprint density at radius 3 is 2.05 bits per heavy atom. The van der Waals surface area contributed by atoms with Gasteiger partial charge in [0.1, 0.15) is 6.10 Å². The van der Waals surface area contributed by atoms with E-state index in [0.29, 0.717) is 5.56 Å². The van der Waals surface area contributed by atoms with Crippen LogP contribution in [-0.2, 0) is 16.1 Å². The Kier molecular flexibility index (Phi) is 5.48. The van der Waals surface area contributed by atoms with E-state index in [1.165, 1.54) is 0 Å². The number of hydrogen-bond acceptors (Lipinski definition) is 7. The number of hydrogen-bond donors (Lipinski definition) is 1. The van der Waals surface area contributed by atoms with Gasteiger partial charge in [0.25, 0.3) is 10.2 Å². The first-order valence-corrected chi connectivity index (χ1v) is 5.30. The lowest BCUT2D eigenvalue weighted by atomic mass is 10.0. The van der Waals surface area contributed by atoms with E-state index in [2.05, 4.69) is 9.68 Å². The highest BCUT2D eigenvalue weighted by Gasteiger charge is 2.28. The molecule has 1 aromatic rings. The van der Waals surface area contributed by atoms with Crippen LogP contribution in [0.2, 0.25) is 0 Å². The van der Waals surface area contributed by atoms with Gasteiger partial charge in [-0.3, -0.25) is 0 Å². The average Bonchev–Trinajstić information content (AvgIpc) is 2.35. The highest BCUT2D eigenvalue weighted by atomic mass is 17.0. The minimum Gasteiger partial charge on any atom is -0.394 e. The molecule has 104 valence electrons. The topological polar surface area (TPSA) is 125 Å². The first-order valence-electron chi connectivity index (χ1n) is 5.30. The molecule has 0 spiro atoms. The molecule has 0 heterocycles. The largest absolute Gasteiger partial charge is 0.394 e. The third kappa shape index (κ3) is 5.17. The standard InChI is InChI=1S/C10H12N2O7/c13-7-10(19-12(16)17)9(18-11(14)15)6-8-4-2-1-3-5-8/h1-5,9-10,13H,6-7H2/t9-,10-/m0/s1. The van der Waals surface area contributed by atoms with Gasteiger partial charge in [-0.05, 0) is 5.56 Å². The first-order chi connectivity index (χ1) is 9.02. The maximum atomic E-state index is 10.4. The second-order valence-electron chi connectivity index (χ2n) is 3.61. The molecule has 0 fully saturated rings. The van der Waals surface area contributed by atoms with Crippen LogP contribution in [0.1, 0.15) is 5.56 Å². The molecule has 19 heavy (non-hydrogen) atoms. The lowest BCUT2D eigenvalue weighted by Crippen LogP contribution is -2.39. The zero-order valence-electron chi connectivity index (χ0n) is 9.75. The monoisotopic (exact) mass is 272 g/mol. The fourth-order valence-electron chi connectivity index (χ4n) is 1.52. The minimum atomic E-state index is -1.43. The van der Waals surface area contributed by atoms with Crippen LogP contribution in [0, 0.1) is 20.2 Å². The zero-order valence-corrected chi connectivity index (χ0v) is 9.75. The normalized spacial score (nSPS) is 13.3. The average molecular weight is 272 g/mol. The summed E-state index contributed by atoms with van der Waals surface area (Å²) in [7, 11) is 0. The van der Waals surface area contributed by atoms with Crippen molar-refractivity contribution >= 4 is 0 Å². The third-order valence-electron chi connectivity index (χ3n) is 2.32. The van der Waals surface area contributed by atoms with Crippen LogP contribution in [0.15, 0.2) is 30.3 Å². The molecule has 0 bridgehead atoms. The van der Waals surface area contributed by atoms with Crippen molar-refractivity contribution in [3.05, 3.63) is 56.1 Å². The maximum Gasteiger partial charge on any atom is 0.294 e. The summed E-state index contributed by atoms with van der Waals surface area (Å²) in [5.74, 6) is 0. The molecular weight excluding hydrogens is 260 g/mol. The number of nitrogens with zero attached hydrogens (tertiary/aromatic N) is 2. The molecule has 9 heteroatoms. The number of rotatable bonds is 8. The van der Waals surface area contributed by atoms with Crippen LogP contribution in [0.5, 0.6) is 0 Å². The van der Waals surface area contributed by atoms with Crippen molar-refractivity contribution in [1.82, 2.24) is 0 Å². The highest BCUT2D eigenvalue weighted by molar-refractivity contribution is 5.15. The summed E-state index contributed by atoms with van der Waals surface area (Å²) >= 11 is 0.